The summed E-state index contributed by atoms with van der Waals surface area (Å²) < 4.78 is 17.2. The number of aryl methyl sites for hydroxylation is 2. The van der Waals surface area contributed by atoms with Gasteiger partial charge in [-0.05, 0) is 43.7 Å². The Morgan fingerprint density at radius 2 is 1.81 bits per heavy atom. The monoisotopic (exact) mass is 524 g/mol. The molecule has 0 atom stereocenters. The molecule has 0 aliphatic rings. The van der Waals surface area contributed by atoms with E-state index in [-0.39, 0.29) is 29.2 Å². The summed E-state index contributed by atoms with van der Waals surface area (Å²) in [7, 11) is 2.47. The van der Waals surface area contributed by atoms with Gasteiger partial charge in [0.1, 0.15) is 12.4 Å². The molecular weight excluding hydrogens is 496 g/mol. The first-order chi connectivity index (χ1) is 17.8. The third-order valence-electron chi connectivity index (χ3n) is 5.24. The maximum atomic E-state index is 12.7. The summed E-state index contributed by atoms with van der Waals surface area (Å²) in [5.41, 5.74) is 2.58. The zero-order valence-electron chi connectivity index (χ0n) is 21.1. The average molecular weight is 525 g/mol. The molecule has 0 fully saturated rings. The van der Waals surface area contributed by atoms with Crippen LogP contribution in [0.1, 0.15) is 37.7 Å². The summed E-state index contributed by atoms with van der Waals surface area (Å²) in [6, 6.07) is 10.1. The zero-order chi connectivity index (χ0) is 26.9. The summed E-state index contributed by atoms with van der Waals surface area (Å²) in [5.74, 6) is -0.369. The number of esters is 2. The molecule has 0 radical (unpaired) electrons. The highest BCUT2D eigenvalue weighted by Crippen LogP contribution is 2.23. The first-order valence-corrected chi connectivity index (χ1v) is 12.2. The Balaban J connectivity index is 1.71. The van der Waals surface area contributed by atoms with Crippen molar-refractivity contribution in [3.63, 3.8) is 0 Å². The number of carbonyl (C=O) groups excluding carboxylic acids is 3. The van der Waals surface area contributed by atoms with E-state index >= 15 is 0 Å². The van der Waals surface area contributed by atoms with Crippen LogP contribution in [0, 0.1) is 13.8 Å². The van der Waals surface area contributed by atoms with E-state index in [0.29, 0.717) is 17.5 Å². The van der Waals surface area contributed by atoms with Crippen LogP contribution in [-0.2, 0) is 27.4 Å². The number of allylic oxidation sites excluding steroid dienone is 1. The van der Waals surface area contributed by atoms with Crippen LogP contribution in [-0.4, -0.2) is 52.6 Å². The lowest BCUT2D eigenvalue weighted by molar-refractivity contribution is -0.113. The molecule has 1 heterocycles. The van der Waals surface area contributed by atoms with Crippen molar-refractivity contribution in [1.29, 1.82) is 0 Å². The second kappa shape index (κ2) is 12.7. The first-order valence-electron chi connectivity index (χ1n) is 11.2. The number of benzene rings is 2. The van der Waals surface area contributed by atoms with E-state index in [4.69, 9.17) is 14.2 Å². The third kappa shape index (κ3) is 6.98. The maximum absolute atomic E-state index is 12.7. The molecule has 1 aromatic heterocycles. The number of nitrogens with one attached hydrogen (secondary N) is 1. The molecule has 3 rings (SSSR count). The molecule has 3 aromatic rings. The Hall–Kier alpha value is -4.12. The molecule has 0 saturated carbocycles. The molecule has 11 heteroatoms. The van der Waals surface area contributed by atoms with Gasteiger partial charge in [-0.1, -0.05) is 35.5 Å². The van der Waals surface area contributed by atoms with Crippen molar-refractivity contribution in [3.05, 3.63) is 77.1 Å². The normalized spacial score (nSPS) is 10.5. The second-order valence-electron chi connectivity index (χ2n) is 7.94. The quantitative estimate of drug-likeness (QED) is 0.226. The van der Waals surface area contributed by atoms with Crippen molar-refractivity contribution >= 4 is 35.3 Å². The highest BCUT2D eigenvalue weighted by atomic mass is 32.2. The van der Waals surface area contributed by atoms with Crippen molar-refractivity contribution < 1.29 is 28.6 Å². The van der Waals surface area contributed by atoms with E-state index in [2.05, 4.69) is 22.1 Å². The van der Waals surface area contributed by atoms with Crippen molar-refractivity contribution in [3.8, 4) is 5.75 Å². The predicted molar refractivity (Wildman–Crippen MR) is 139 cm³/mol. The number of methoxy groups -OCH3 is 2. The Morgan fingerprint density at radius 3 is 2.49 bits per heavy atom. The molecular formula is C26H28N4O6S. The van der Waals surface area contributed by atoms with Crippen molar-refractivity contribution in [2.45, 2.75) is 32.2 Å². The zero-order valence-corrected chi connectivity index (χ0v) is 21.9. The molecule has 10 nitrogen and oxygen atoms in total. The van der Waals surface area contributed by atoms with Gasteiger partial charge in [0.25, 0.3) is 0 Å². The van der Waals surface area contributed by atoms with E-state index in [0.717, 1.165) is 28.6 Å². The van der Waals surface area contributed by atoms with Gasteiger partial charge >= 0.3 is 11.9 Å². The summed E-state index contributed by atoms with van der Waals surface area (Å²) in [5, 5.41) is 11.6. The molecule has 0 spiro atoms. The van der Waals surface area contributed by atoms with Gasteiger partial charge in [0.2, 0.25) is 5.91 Å². The van der Waals surface area contributed by atoms with Crippen molar-refractivity contribution in [2.24, 2.45) is 0 Å². The molecule has 2 aromatic carbocycles. The molecule has 0 unspecified atom stereocenters. The number of nitrogens with zero attached hydrogens (tertiary/aromatic N) is 3. The molecule has 1 N–H and O–H groups in total. The van der Waals surface area contributed by atoms with Gasteiger partial charge in [-0.15, -0.1) is 16.8 Å². The fourth-order valence-electron chi connectivity index (χ4n) is 3.45. The lowest BCUT2D eigenvalue weighted by Crippen LogP contribution is -2.18. The topological polar surface area (TPSA) is 122 Å². The SMILES string of the molecule is C=CCn1c(COc2ccc(C)cc2C)nnc1SCC(=O)Nc1cc(C(=O)OC)ccc1C(=O)OC. The lowest BCUT2D eigenvalue weighted by atomic mass is 10.1. The Labute approximate surface area is 219 Å². The smallest absolute Gasteiger partial charge is 0.339 e. The second-order valence-corrected chi connectivity index (χ2v) is 8.88. The summed E-state index contributed by atoms with van der Waals surface area (Å²) >= 11 is 1.16. The highest BCUT2D eigenvalue weighted by molar-refractivity contribution is 7.99. The highest BCUT2D eigenvalue weighted by Gasteiger charge is 2.19. The van der Waals surface area contributed by atoms with E-state index < -0.39 is 17.8 Å². The van der Waals surface area contributed by atoms with Crippen molar-refractivity contribution in [2.75, 3.05) is 25.3 Å². The number of amides is 1. The van der Waals surface area contributed by atoms with E-state index in [1.807, 2.05) is 36.6 Å². The minimum Gasteiger partial charge on any atom is -0.485 e. The number of anilines is 1. The lowest BCUT2D eigenvalue weighted by Gasteiger charge is -2.12. The van der Waals surface area contributed by atoms with Gasteiger partial charge in [-0.25, -0.2) is 9.59 Å². The summed E-state index contributed by atoms with van der Waals surface area (Å²) in [4.78, 5) is 36.8. The van der Waals surface area contributed by atoms with Crippen LogP contribution in [0.25, 0.3) is 0 Å². The molecule has 1 amide bonds. The predicted octanol–water partition coefficient (Wildman–Crippen LogP) is 3.96. The van der Waals surface area contributed by atoms with Crippen LogP contribution < -0.4 is 10.1 Å². The molecule has 37 heavy (non-hydrogen) atoms. The number of aromatic nitrogens is 3. The molecule has 0 bridgehead atoms. The van der Waals surface area contributed by atoms with Crippen LogP contribution in [0.2, 0.25) is 0 Å². The van der Waals surface area contributed by atoms with E-state index in [1.54, 1.807) is 6.08 Å². The van der Waals surface area contributed by atoms with Gasteiger partial charge in [-0.2, -0.15) is 0 Å². The van der Waals surface area contributed by atoms with Crippen LogP contribution in [0.5, 0.6) is 5.75 Å². The number of hydrogen-bond acceptors (Lipinski definition) is 9. The van der Waals surface area contributed by atoms with Crippen LogP contribution in [0.15, 0.2) is 54.2 Å². The number of thioether (sulfide) groups is 1. The molecule has 0 aliphatic heterocycles. The number of hydrogen-bond donors (Lipinski definition) is 1. The molecule has 0 aliphatic carbocycles. The van der Waals surface area contributed by atoms with Gasteiger partial charge in [0.15, 0.2) is 11.0 Å². The van der Waals surface area contributed by atoms with E-state index in [9.17, 15) is 14.4 Å². The number of rotatable bonds is 11. The summed E-state index contributed by atoms with van der Waals surface area (Å²) in [6.45, 7) is 8.40. The van der Waals surface area contributed by atoms with Gasteiger partial charge < -0.3 is 19.5 Å². The van der Waals surface area contributed by atoms with Crippen LogP contribution in [0.3, 0.4) is 0 Å². The Bertz CT molecular complexity index is 1320. The first kappa shape index (κ1) is 27.5. The van der Waals surface area contributed by atoms with Gasteiger partial charge in [0, 0.05) is 6.54 Å². The minimum absolute atomic E-state index is 0.0315. The van der Waals surface area contributed by atoms with Crippen molar-refractivity contribution in [1.82, 2.24) is 14.8 Å². The standard InChI is InChI=1S/C26H28N4O6S/c1-6-11-30-22(14-36-21-10-7-16(2)12-17(21)3)28-29-26(30)37-15-23(31)27-20-13-18(24(32)34-4)8-9-19(20)25(33)35-5/h6-10,12-13H,1,11,14-15H2,2-5H3,(H,27,31). The molecule has 0 saturated heterocycles. The fourth-order valence-corrected chi connectivity index (χ4v) is 4.21. The number of carbonyl (C=O) groups is 3. The minimum atomic E-state index is -0.654. The number of ether oxygens (including phenoxy) is 3. The largest absolute Gasteiger partial charge is 0.485 e. The van der Waals surface area contributed by atoms with Gasteiger partial charge in [0.05, 0.1) is 36.8 Å². The average Bonchev–Trinajstić information content (AvgIpc) is 3.27. The maximum Gasteiger partial charge on any atom is 0.339 e. The Kier molecular flexibility index (Phi) is 9.45. The van der Waals surface area contributed by atoms with E-state index in [1.165, 1.54) is 32.4 Å². The van der Waals surface area contributed by atoms with Gasteiger partial charge in [-0.3, -0.25) is 9.36 Å². The summed E-state index contributed by atoms with van der Waals surface area (Å²) in [6.07, 6.45) is 1.70. The van der Waals surface area contributed by atoms with Crippen LogP contribution in [0.4, 0.5) is 5.69 Å². The molecule has 194 valence electrons. The third-order valence-corrected chi connectivity index (χ3v) is 6.21. The Morgan fingerprint density at radius 1 is 1.05 bits per heavy atom. The fraction of sp³-hybridized carbons (Fsp3) is 0.269. The van der Waals surface area contributed by atoms with Crippen LogP contribution >= 0.6 is 11.8 Å².